The smallest absolute Gasteiger partial charge is 0.266 e. The van der Waals surface area contributed by atoms with E-state index < -0.39 is 17.6 Å². The van der Waals surface area contributed by atoms with Gasteiger partial charge in [0.2, 0.25) is 11.8 Å². The molecule has 2 N–H and O–H groups in total. The van der Waals surface area contributed by atoms with Crippen molar-refractivity contribution in [3.8, 4) is 28.3 Å². The Bertz CT molecular complexity index is 2040. The van der Waals surface area contributed by atoms with Crippen LogP contribution in [0.1, 0.15) is 116 Å². The molecule has 1 unspecified atom stereocenters. The number of amides is 3. The summed E-state index contributed by atoms with van der Waals surface area (Å²) < 4.78 is 21.0. The molecule has 3 aromatic rings. The van der Waals surface area contributed by atoms with Crippen LogP contribution in [0.4, 0.5) is 10.1 Å². The van der Waals surface area contributed by atoms with E-state index in [-0.39, 0.29) is 33.5 Å². The topological polar surface area (TPSA) is 104 Å². The first-order valence-electron chi connectivity index (χ1n) is 20.7. The lowest BCUT2D eigenvalue weighted by atomic mass is 9.84. The van der Waals surface area contributed by atoms with E-state index in [4.69, 9.17) is 21.3 Å². The molecule has 1 aliphatic heterocycles. The fourth-order valence-electron chi connectivity index (χ4n) is 7.51. The van der Waals surface area contributed by atoms with Crippen molar-refractivity contribution in [3.63, 3.8) is 0 Å². The van der Waals surface area contributed by atoms with Crippen molar-refractivity contribution in [1.29, 1.82) is 0 Å². The monoisotopic (exact) mass is 815 g/mol. The summed E-state index contributed by atoms with van der Waals surface area (Å²) in [6.45, 7) is 20.8. The van der Waals surface area contributed by atoms with Gasteiger partial charge in [-0.05, 0) is 105 Å². The van der Waals surface area contributed by atoms with Crippen LogP contribution in [0.25, 0.3) is 22.4 Å². The average molecular weight is 817 g/mol. The molecule has 2 aromatic carbocycles. The molecule has 9 nitrogen and oxygen atoms in total. The molecule has 0 saturated heterocycles. The second-order valence-corrected chi connectivity index (χ2v) is 16.4. The van der Waals surface area contributed by atoms with Gasteiger partial charge in [-0.2, -0.15) is 0 Å². The predicted molar refractivity (Wildman–Crippen MR) is 234 cm³/mol. The first-order valence-corrected chi connectivity index (χ1v) is 21.1. The summed E-state index contributed by atoms with van der Waals surface area (Å²) in [6.07, 6.45) is 9.88. The van der Waals surface area contributed by atoms with Gasteiger partial charge in [0.05, 0.1) is 17.8 Å². The Hall–Kier alpha value is -4.70. The lowest BCUT2D eigenvalue weighted by Gasteiger charge is -2.35. The van der Waals surface area contributed by atoms with Crippen molar-refractivity contribution >= 4 is 35.0 Å². The van der Waals surface area contributed by atoms with E-state index >= 15 is 4.39 Å². The molecular formula is C47H63ClFN5O4. The minimum absolute atomic E-state index is 0.0178. The normalized spacial score (nSPS) is 16.2. The number of carbonyl (C=O) groups excluding carboxylic acids is 3. The van der Waals surface area contributed by atoms with Crippen LogP contribution in [0, 0.1) is 24.6 Å². The molecule has 2 heterocycles. The van der Waals surface area contributed by atoms with Crippen molar-refractivity contribution in [1.82, 2.24) is 20.1 Å². The number of nitrogens with zero attached hydrogens (tertiary/aromatic N) is 3. The molecule has 3 amide bonds. The minimum Gasteiger partial charge on any atom is -0.481 e. The number of aryl methyl sites for hydroxylation is 1. The number of nitrogens with one attached hydrogen (secondary N) is 2. The summed E-state index contributed by atoms with van der Waals surface area (Å²) in [5, 5.41) is 6.33. The van der Waals surface area contributed by atoms with Crippen LogP contribution in [0.5, 0.6) is 5.88 Å². The van der Waals surface area contributed by atoms with Crippen molar-refractivity contribution in [2.45, 2.75) is 118 Å². The number of rotatable bonds is 14. The fourth-order valence-corrected chi connectivity index (χ4v) is 7.86. The second kappa shape index (κ2) is 19.8. The fraction of sp³-hybridized carbons (Fsp3) is 0.489. The third kappa shape index (κ3) is 9.93. The maximum Gasteiger partial charge on any atom is 0.266 e. The molecule has 1 aromatic heterocycles. The van der Waals surface area contributed by atoms with Gasteiger partial charge in [-0.15, -0.1) is 0 Å². The summed E-state index contributed by atoms with van der Waals surface area (Å²) in [4.78, 5) is 45.6. The zero-order valence-electron chi connectivity index (χ0n) is 36.4. The first kappa shape index (κ1) is 46.0. The van der Waals surface area contributed by atoms with Crippen molar-refractivity contribution in [2.75, 3.05) is 26.5 Å². The number of halogens is 2. The van der Waals surface area contributed by atoms with Crippen LogP contribution in [-0.4, -0.2) is 59.2 Å². The number of fused-ring (bicyclic) bond motifs is 1. The maximum atomic E-state index is 15.4. The van der Waals surface area contributed by atoms with Gasteiger partial charge in [-0.3, -0.25) is 19.3 Å². The standard InChI is InChI=1S/C31H30ClFN4O3.C16H33NO/c1-16-10-11-19-14-25(35-30(40-6)26(16)19)21-12-13-23(33)27(28(21)32)20-8-7-9-24(17(20)2)34-29(38)22-15-36(4)18(3)37(5)31(22)39;1-7-13(5)11-12-16(9-3,10-4)17-15(18)14(6)8-2/h7-9,12-16H,3,10-11H2,1-2,4-6H3,(H,34,38);13-14H,7-12H2,1-6H3,(H,17,18)/t;13-,14-/m.1/s1. The summed E-state index contributed by atoms with van der Waals surface area (Å²) in [6, 6.07) is 10.1. The van der Waals surface area contributed by atoms with E-state index in [0.29, 0.717) is 45.7 Å². The van der Waals surface area contributed by atoms with Gasteiger partial charge in [0.15, 0.2) is 0 Å². The molecule has 2 aliphatic rings. The summed E-state index contributed by atoms with van der Waals surface area (Å²) in [7, 11) is 4.85. The molecule has 314 valence electrons. The van der Waals surface area contributed by atoms with E-state index in [2.05, 4.69) is 58.8 Å². The number of aromatic nitrogens is 1. The highest BCUT2D eigenvalue weighted by molar-refractivity contribution is 6.36. The molecule has 11 heteroatoms. The lowest BCUT2D eigenvalue weighted by Crippen LogP contribution is -2.49. The van der Waals surface area contributed by atoms with Crippen LogP contribution < -0.4 is 15.4 Å². The number of anilines is 1. The molecule has 5 rings (SSSR count). The van der Waals surface area contributed by atoms with Crippen LogP contribution >= 0.6 is 11.6 Å². The zero-order valence-corrected chi connectivity index (χ0v) is 37.1. The third-order valence-corrected chi connectivity index (χ3v) is 12.8. The van der Waals surface area contributed by atoms with E-state index in [9.17, 15) is 14.4 Å². The number of carbonyl (C=O) groups is 3. The van der Waals surface area contributed by atoms with Crippen molar-refractivity contribution in [2.24, 2.45) is 11.8 Å². The van der Waals surface area contributed by atoms with Gasteiger partial charge in [0, 0.05) is 54.1 Å². The molecule has 1 aliphatic carbocycles. The zero-order chi connectivity index (χ0) is 43.1. The Morgan fingerprint density at radius 3 is 2.40 bits per heavy atom. The number of hydrogen-bond acceptors (Lipinski definition) is 6. The molecular weight excluding hydrogens is 753 g/mol. The van der Waals surface area contributed by atoms with E-state index in [0.717, 1.165) is 55.6 Å². The average Bonchev–Trinajstić information content (AvgIpc) is 3.60. The van der Waals surface area contributed by atoms with E-state index in [1.54, 1.807) is 57.3 Å². The molecule has 0 spiro atoms. The number of benzene rings is 2. The van der Waals surface area contributed by atoms with Crippen LogP contribution in [0.15, 0.2) is 60.6 Å². The number of likely N-dealkylation sites (N-methyl/N-ethyl adjacent to an activating group) is 1. The van der Waals surface area contributed by atoms with Crippen LogP contribution in [0.2, 0.25) is 5.02 Å². The quantitative estimate of drug-likeness (QED) is 0.157. The van der Waals surface area contributed by atoms with Gasteiger partial charge in [0.25, 0.3) is 11.8 Å². The highest BCUT2D eigenvalue weighted by atomic mass is 35.5. The van der Waals surface area contributed by atoms with Crippen LogP contribution in [-0.2, 0) is 20.8 Å². The van der Waals surface area contributed by atoms with Gasteiger partial charge in [0.1, 0.15) is 17.2 Å². The number of methoxy groups -OCH3 is 1. The number of pyridine rings is 1. The van der Waals surface area contributed by atoms with Gasteiger partial charge >= 0.3 is 0 Å². The Balaban J connectivity index is 0.000000350. The SMILES string of the molecule is C=C1N(C)C=C(C(=O)Nc2cccc(-c3c(F)ccc(-c4cc5c(c(OC)n4)C(C)CC5)c3Cl)c2C)C(=O)N1C.CC[C@@H](C)CCC(CC)(CC)NC(=O)[C@H](C)CC. The molecule has 0 fully saturated rings. The van der Waals surface area contributed by atoms with Gasteiger partial charge < -0.3 is 20.3 Å². The maximum absolute atomic E-state index is 15.4. The molecule has 0 bridgehead atoms. The van der Waals surface area contributed by atoms with Crippen molar-refractivity contribution in [3.05, 3.63) is 88.1 Å². The van der Waals surface area contributed by atoms with Gasteiger partial charge in [-0.25, -0.2) is 9.37 Å². The highest BCUT2D eigenvalue weighted by Gasteiger charge is 2.32. The van der Waals surface area contributed by atoms with Gasteiger partial charge in [-0.1, -0.05) is 85.2 Å². The highest BCUT2D eigenvalue weighted by Crippen LogP contribution is 2.44. The number of ether oxygens (including phenoxy) is 1. The van der Waals surface area contributed by atoms with Crippen molar-refractivity contribution < 1.29 is 23.5 Å². The Morgan fingerprint density at radius 2 is 1.78 bits per heavy atom. The lowest BCUT2D eigenvalue weighted by molar-refractivity contribution is -0.129. The Kier molecular flexibility index (Phi) is 15.7. The minimum atomic E-state index is -0.583. The largest absolute Gasteiger partial charge is 0.481 e. The molecule has 3 atom stereocenters. The Morgan fingerprint density at radius 1 is 1.09 bits per heavy atom. The van der Waals surface area contributed by atoms with E-state index in [1.165, 1.54) is 30.0 Å². The first-order chi connectivity index (χ1) is 27.5. The summed E-state index contributed by atoms with van der Waals surface area (Å²) in [5.74, 6) is 0.920. The van der Waals surface area contributed by atoms with E-state index in [1.807, 2.05) is 13.0 Å². The summed E-state index contributed by atoms with van der Waals surface area (Å²) >= 11 is 6.89. The third-order valence-electron chi connectivity index (χ3n) is 12.4. The Labute approximate surface area is 350 Å². The molecule has 0 saturated carbocycles. The predicted octanol–water partition coefficient (Wildman–Crippen LogP) is 10.8. The van der Waals surface area contributed by atoms with Crippen LogP contribution in [0.3, 0.4) is 0 Å². The number of hydrogen-bond donors (Lipinski definition) is 2. The summed E-state index contributed by atoms with van der Waals surface area (Å²) in [5.41, 5.74) is 5.16. The molecule has 0 radical (unpaired) electrons. The molecule has 58 heavy (non-hydrogen) atoms. The second-order valence-electron chi connectivity index (χ2n) is 16.0.